The van der Waals surface area contributed by atoms with E-state index in [9.17, 15) is 9.59 Å². The predicted octanol–water partition coefficient (Wildman–Crippen LogP) is 4.08. The second-order valence-corrected chi connectivity index (χ2v) is 5.67. The van der Waals surface area contributed by atoms with Gasteiger partial charge in [0.1, 0.15) is 5.60 Å². The monoisotopic (exact) mass is 296 g/mol. The molecule has 6 heteroatoms. The average molecular weight is 297 g/mol. The number of nitrogens with zero attached hydrogens (tertiary/aromatic N) is 1. The maximum Gasteiger partial charge on any atom is 0.412 e. The number of benzene rings is 1. The molecule has 0 radical (unpaired) electrons. The van der Waals surface area contributed by atoms with Crippen LogP contribution in [-0.2, 0) is 9.53 Å². The molecule has 5 nitrogen and oxygen atoms in total. The van der Waals surface area contributed by atoms with Gasteiger partial charge in [0.2, 0.25) is 6.08 Å². The Morgan fingerprint density at radius 2 is 2.10 bits per heavy atom. The molecule has 0 aliphatic heterocycles. The second-order valence-electron chi connectivity index (χ2n) is 5.26. The smallest absolute Gasteiger partial charge is 0.412 e. The fourth-order valence-corrected chi connectivity index (χ4v) is 1.85. The van der Waals surface area contributed by atoms with Gasteiger partial charge in [0.15, 0.2) is 0 Å². The zero-order chi connectivity index (χ0) is 15.3. The van der Waals surface area contributed by atoms with E-state index in [1.165, 1.54) is 6.08 Å². The lowest BCUT2D eigenvalue weighted by molar-refractivity contribution is 0.0636. The van der Waals surface area contributed by atoms with Gasteiger partial charge in [-0.3, -0.25) is 5.32 Å². The molecule has 0 spiro atoms. The van der Waals surface area contributed by atoms with E-state index in [1.807, 2.05) is 0 Å². The molecule has 108 valence electrons. The average Bonchev–Trinajstić information content (AvgIpc) is 2.26. The number of anilines is 1. The predicted molar refractivity (Wildman–Crippen MR) is 77.8 cm³/mol. The van der Waals surface area contributed by atoms with Crippen LogP contribution in [0.2, 0.25) is 5.02 Å². The van der Waals surface area contributed by atoms with Crippen LogP contribution in [-0.4, -0.2) is 17.8 Å². The van der Waals surface area contributed by atoms with Crippen LogP contribution in [0.25, 0.3) is 0 Å². The molecule has 1 atom stereocenters. The molecule has 0 fully saturated rings. The maximum atomic E-state index is 11.6. The zero-order valence-electron chi connectivity index (χ0n) is 11.9. The zero-order valence-corrected chi connectivity index (χ0v) is 12.6. The number of hydrogen-bond acceptors (Lipinski definition) is 4. The van der Waals surface area contributed by atoms with Crippen molar-refractivity contribution in [1.29, 1.82) is 0 Å². The van der Waals surface area contributed by atoms with Crippen molar-refractivity contribution >= 4 is 29.5 Å². The molecule has 1 amide bonds. The molecule has 0 bridgehead atoms. The van der Waals surface area contributed by atoms with E-state index < -0.39 is 11.7 Å². The molecule has 20 heavy (non-hydrogen) atoms. The van der Waals surface area contributed by atoms with Crippen molar-refractivity contribution in [2.24, 2.45) is 4.99 Å². The van der Waals surface area contributed by atoms with E-state index in [1.54, 1.807) is 45.9 Å². The summed E-state index contributed by atoms with van der Waals surface area (Å²) in [5.74, 6) is 0. The van der Waals surface area contributed by atoms with Gasteiger partial charge in [0.25, 0.3) is 0 Å². The van der Waals surface area contributed by atoms with Crippen molar-refractivity contribution in [3.63, 3.8) is 0 Å². The molecular formula is C14H17ClN2O3. The van der Waals surface area contributed by atoms with Crippen LogP contribution in [0.15, 0.2) is 23.2 Å². The lowest BCUT2D eigenvalue weighted by Crippen LogP contribution is -2.27. The van der Waals surface area contributed by atoms with Gasteiger partial charge in [-0.2, -0.15) is 4.99 Å². The Labute approximate surface area is 123 Å². The van der Waals surface area contributed by atoms with Crippen molar-refractivity contribution in [2.75, 3.05) is 5.32 Å². The molecule has 1 rings (SSSR count). The number of amides is 1. The first kappa shape index (κ1) is 16.2. The third-order valence-corrected chi connectivity index (χ3v) is 2.67. The van der Waals surface area contributed by atoms with Gasteiger partial charge in [-0.05, 0) is 45.4 Å². The Balaban J connectivity index is 2.83. The van der Waals surface area contributed by atoms with Crippen molar-refractivity contribution in [3.05, 3.63) is 28.8 Å². The summed E-state index contributed by atoms with van der Waals surface area (Å²) in [6, 6.07) is 4.57. The highest BCUT2D eigenvalue weighted by molar-refractivity contribution is 6.31. The highest BCUT2D eigenvalue weighted by Crippen LogP contribution is 2.28. The summed E-state index contributed by atoms with van der Waals surface area (Å²) in [7, 11) is 0. The largest absolute Gasteiger partial charge is 0.444 e. The topological polar surface area (TPSA) is 67.8 Å². The standard InChI is InChI=1S/C14H17ClN2O3/c1-9(16-8-18)11-6-5-10(7-12(11)15)17-13(19)20-14(2,3)4/h5-7,9H,1-4H3,(H,17,19). The first-order valence-corrected chi connectivity index (χ1v) is 6.47. The second kappa shape index (κ2) is 6.55. The van der Waals surface area contributed by atoms with Crippen LogP contribution >= 0.6 is 11.6 Å². The SMILES string of the molecule is CC(N=C=O)c1ccc(NC(=O)OC(C)(C)C)cc1Cl. The fraction of sp³-hybridized carbons (Fsp3) is 0.429. The molecule has 0 saturated carbocycles. The number of nitrogens with one attached hydrogen (secondary N) is 1. The van der Waals surface area contributed by atoms with E-state index in [0.717, 1.165) is 0 Å². The molecule has 1 aromatic carbocycles. The molecule has 1 aromatic rings. The number of rotatable bonds is 3. The molecule has 0 heterocycles. The van der Waals surface area contributed by atoms with E-state index in [-0.39, 0.29) is 6.04 Å². The number of halogens is 1. The summed E-state index contributed by atoms with van der Waals surface area (Å²) in [6.07, 6.45) is 0.937. The number of ether oxygens (including phenoxy) is 1. The van der Waals surface area contributed by atoms with Crippen molar-refractivity contribution in [3.8, 4) is 0 Å². The van der Waals surface area contributed by atoms with Crippen LogP contribution < -0.4 is 5.32 Å². The van der Waals surface area contributed by atoms with Crippen LogP contribution in [0.4, 0.5) is 10.5 Å². The van der Waals surface area contributed by atoms with Gasteiger partial charge >= 0.3 is 6.09 Å². The number of carbonyl (C=O) groups is 1. The summed E-state index contributed by atoms with van der Waals surface area (Å²) in [5.41, 5.74) is 0.626. The first-order chi connectivity index (χ1) is 9.23. The molecule has 0 aliphatic carbocycles. The summed E-state index contributed by atoms with van der Waals surface area (Å²) in [5, 5.41) is 2.99. The molecule has 0 aliphatic rings. The van der Waals surface area contributed by atoms with Gasteiger partial charge < -0.3 is 4.74 Å². The normalized spacial score (nSPS) is 12.2. The summed E-state index contributed by atoms with van der Waals surface area (Å²) in [4.78, 5) is 25.4. The minimum atomic E-state index is -0.568. The third-order valence-electron chi connectivity index (χ3n) is 2.34. The summed E-state index contributed by atoms with van der Waals surface area (Å²) < 4.78 is 5.13. The van der Waals surface area contributed by atoms with E-state index >= 15 is 0 Å². The van der Waals surface area contributed by atoms with Gasteiger partial charge in [-0.1, -0.05) is 17.7 Å². The number of hydrogen-bond donors (Lipinski definition) is 1. The highest BCUT2D eigenvalue weighted by Gasteiger charge is 2.17. The quantitative estimate of drug-likeness (QED) is 0.675. The van der Waals surface area contributed by atoms with Gasteiger partial charge in [0, 0.05) is 10.7 Å². The molecule has 0 aromatic heterocycles. The molecular weight excluding hydrogens is 280 g/mol. The number of isocyanates is 1. The fourth-order valence-electron chi connectivity index (χ4n) is 1.51. The summed E-state index contributed by atoms with van der Waals surface area (Å²) >= 11 is 6.09. The minimum absolute atomic E-state index is 0.379. The lowest BCUT2D eigenvalue weighted by Gasteiger charge is -2.20. The molecule has 1 N–H and O–H groups in total. The summed E-state index contributed by atoms with van der Waals surface area (Å²) in [6.45, 7) is 7.07. The number of aliphatic imine (C=N–C) groups is 1. The highest BCUT2D eigenvalue weighted by atomic mass is 35.5. The van der Waals surface area contributed by atoms with E-state index in [2.05, 4.69) is 10.3 Å². The Morgan fingerprint density at radius 3 is 2.60 bits per heavy atom. The Bertz CT molecular complexity index is 546. The van der Waals surface area contributed by atoms with Gasteiger partial charge in [-0.25, -0.2) is 9.59 Å². The van der Waals surface area contributed by atoms with Crippen LogP contribution in [0.5, 0.6) is 0 Å². The Hall–Kier alpha value is -1.84. The Kier molecular flexibility index (Phi) is 5.31. The van der Waals surface area contributed by atoms with Gasteiger partial charge in [0.05, 0.1) is 6.04 Å². The first-order valence-electron chi connectivity index (χ1n) is 6.09. The minimum Gasteiger partial charge on any atom is -0.444 e. The van der Waals surface area contributed by atoms with Gasteiger partial charge in [-0.15, -0.1) is 0 Å². The van der Waals surface area contributed by atoms with Crippen LogP contribution in [0.1, 0.15) is 39.3 Å². The third kappa shape index (κ3) is 5.03. The maximum absolute atomic E-state index is 11.6. The van der Waals surface area contributed by atoms with E-state index in [4.69, 9.17) is 16.3 Å². The van der Waals surface area contributed by atoms with E-state index in [0.29, 0.717) is 16.3 Å². The van der Waals surface area contributed by atoms with Crippen LogP contribution in [0, 0.1) is 0 Å². The Morgan fingerprint density at radius 1 is 1.45 bits per heavy atom. The number of carbonyl (C=O) groups excluding carboxylic acids is 2. The van der Waals surface area contributed by atoms with Crippen molar-refractivity contribution < 1.29 is 14.3 Å². The van der Waals surface area contributed by atoms with Crippen molar-refractivity contribution in [1.82, 2.24) is 0 Å². The van der Waals surface area contributed by atoms with Crippen molar-refractivity contribution in [2.45, 2.75) is 39.3 Å². The molecule has 1 unspecified atom stereocenters. The molecule has 0 saturated heterocycles. The lowest BCUT2D eigenvalue weighted by atomic mass is 10.1. The van der Waals surface area contributed by atoms with Crippen LogP contribution in [0.3, 0.4) is 0 Å².